The summed E-state index contributed by atoms with van der Waals surface area (Å²) in [6.45, 7) is 0. The van der Waals surface area contributed by atoms with E-state index in [2.05, 4.69) is 0 Å². The highest BCUT2D eigenvalue weighted by molar-refractivity contribution is 8.26. The molecule has 0 N–H and O–H groups in total. The van der Waals surface area contributed by atoms with Crippen LogP contribution in [0.4, 0.5) is 0 Å². The van der Waals surface area contributed by atoms with Crippen molar-refractivity contribution >= 4 is 50.8 Å². The third-order valence-electron chi connectivity index (χ3n) is 1.01. The Kier molecular flexibility index (Phi) is 3.66. The molecular formula is C7H4Cl2S2. The number of hydrogen-bond donors (Lipinski definition) is 0. The number of hydrogen-bond acceptors (Lipinski definition) is 2. The molecule has 11 heavy (non-hydrogen) atoms. The lowest BCUT2D eigenvalue weighted by atomic mass is 10.4. The fraction of sp³-hybridized carbons (Fsp3) is 0. The van der Waals surface area contributed by atoms with Gasteiger partial charge in [0, 0.05) is 9.92 Å². The van der Waals surface area contributed by atoms with E-state index in [0.717, 1.165) is 9.92 Å². The van der Waals surface area contributed by atoms with E-state index in [9.17, 15) is 0 Å². The van der Waals surface area contributed by atoms with Gasteiger partial charge in [-0.15, -0.1) is 0 Å². The first-order valence-corrected chi connectivity index (χ1v) is 4.79. The Bertz CT molecular complexity index is 256. The summed E-state index contributed by atoms with van der Waals surface area (Å²) < 4.78 is 0.396. The van der Waals surface area contributed by atoms with E-state index >= 15 is 0 Å². The lowest BCUT2D eigenvalue weighted by Crippen LogP contribution is -1.73. The quantitative estimate of drug-likeness (QED) is 0.401. The minimum absolute atomic E-state index is 0.396. The molecule has 1 rings (SSSR count). The van der Waals surface area contributed by atoms with Crippen LogP contribution in [-0.4, -0.2) is 3.66 Å². The first kappa shape index (κ1) is 9.33. The highest BCUT2D eigenvalue weighted by Crippen LogP contribution is 2.22. The summed E-state index contributed by atoms with van der Waals surface area (Å²) >= 11 is 17.2. The molecule has 0 saturated carbocycles. The van der Waals surface area contributed by atoms with Crippen LogP contribution in [0.1, 0.15) is 0 Å². The Balaban J connectivity index is 2.74. The van der Waals surface area contributed by atoms with Crippen LogP contribution in [0.3, 0.4) is 0 Å². The molecule has 1 aromatic carbocycles. The van der Waals surface area contributed by atoms with Gasteiger partial charge in [-0.05, 0) is 24.3 Å². The zero-order valence-corrected chi connectivity index (χ0v) is 8.53. The molecule has 0 bridgehead atoms. The summed E-state index contributed by atoms with van der Waals surface area (Å²) in [4.78, 5) is 1.01. The SMILES string of the molecule is S=C(Cl)Sc1ccc(Cl)cc1. The molecule has 0 aromatic heterocycles. The van der Waals surface area contributed by atoms with Crippen molar-refractivity contribution in [1.82, 2.24) is 0 Å². The third-order valence-corrected chi connectivity index (χ3v) is 2.41. The number of rotatable bonds is 1. The number of halogens is 2. The molecule has 0 saturated heterocycles. The normalized spacial score (nSPS) is 9.64. The zero-order valence-electron chi connectivity index (χ0n) is 5.38. The van der Waals surface area contributed by atoms with E-state index < -0.39 is 0 Å². The van der Waals surface area contributed by atoms with Crippen molar-refractivity contribution in [2.75, 3.05) is 0 Å². The second-order valence-corrected chi connectivity index (χ2v) is 4.81. The van der Waals surface area contributed by atoms with Crippen molar-refractivity contribution in [1.29, 1.82) is 0 Å². The van der Waals surface area contributed by atoms with Crippen molar-refractivity contribution in [2.24, 2.45) is 0 Å². The first-order valence-electron chi connectivity index (χ1n) is 2.81. The third kappa shape index (κ3) is 3.43. The average Bonchev–Trinajstić information content (AvgIpc) is 1.93. The highest BCUT2D eigenvalue weighted by Gasteiger charge is 1.95. The van der Waals surface area contributed by atoms with Crippen molar-refractivity contribution in [2.45, 2.75) is 4.90 Å². The van der Waals surface area contributed by atoms with Crippen molar-refractivity contribution in [3.63, 3.8) is 0 Å². The first-order chi connectivity index (χ1) is 5.18. The maximum absolute atomic E-state index is 5.67. The van der Waals surface area contributed by atoms with Gasteiger partial charge in [-0.3, -0.25) is 0 Å². The van der Waals surface area contributed by atoms with Gasteiger partial charge in [0.2, 0.25) is 0 Å². The minimum Gasteiger partial charge on any atom is -0.0843 e. The standard InChI is InChI=1S/C7H4Cl2S2/c8-5-1-3-6(4-2-5)11-7(9)10/h1-4H. The molecule has 0 aliphatic carbocycles. The van der Waals surface area contributed by atoms with Crippen LogP contribution < -0.4 is 0 Å². The summed E-state index contributed by atoms with van der Waals surface area (Å²) in [7, 11) is 0. The van der Waals surface area contributed by atoms with E-state index in [1.807, 2.05) is 12.1 Å². The summed E-state index contributed by atoms with van der Waals surface area (Å²) in [5, 5.41) is 0.717. The molecule has 1 aromatic rings. The predicted molar refractivity (Wildman–Crippen MR) is 55.8 cm³/mol. The Morgan fingerprint density at radius 3 is 2.27 bits per heavy atom. The molecule has 0 aliphatic rings. The zero-order chi connectivity index (χ0) is 8.27. The molecule has 0 aliphatic heterocycles. The lowest BCUT2D eigenvalue weighted by molar-refractivity contribution is 1.48. The van der Waals surface area contributed by atoms with Gasteiger partial charge in [0.1, 0.15) is 3.66 Å². The van der Waals surface area contributed by atoms with Gasteiger partial charge < -0.3 is 0 Å². The van der Waals surface area contributed by atoms with Gasteiger partial charge in [0.25, 0.3) is 0 Å². The molecule has 0 unspecified atom stereocenters. The van der Waals surface area contributed by atoms with Crippen LogP contribution in [-0.2, 0) is 0 Å². The smallest absolute Gasteiger partial charge is 0.0843 e. The topological polar surface area (TPSA) is 0 Å². The maximum atomic E-state index is 5.67. The molecule has 0 fully saturated rings. The molecule has 0 nitrogen and oxygen atoms in total. The number of benzene rings is 1. The molecule has 0 atom stereocenters. The van der Waals surface area contributed by atoms with E-state index in [-0.39, 0.29) is 0 Å². The van der Waals surface area contributed by atoms with E-state index in [1.165, 1.54) is 11.8 Å². The van der Waals surface area contributed by atoms with E-state index in [4.69, 9.17) is 35.4 Å². The second kappa shape index (κ2) is 4.31. The molecule has 0 amide bonds. The van der Waals surface area contributed by atoms with E-state index in [0.29, 0.717) is 3.66 Å². The van der Waals surface area contributed by atoms with Gasteiger partial charge in [-0.1, -0.05) is 47.2 Å². The Labute approximate surface area is 84.9 Å². The predicted octanol–water partition coefficient (Wildman–Crippen LogP) is 3.96. The van der Waals surface area contributed by atoms with E-state index in [1.54, 1.807) is 12.1 Å². The fourth-order valence-corrected chi connectivity index (χ4v) is 1.73. The Hall–Kier alpha value is 0.240. The Morgan fingerprint density at radius 1 is 1.27 bits per heavy atom. The van der Waals surface area contributed by atoms with Crippen LogP contribution in [0, 0.1) is 0 Å². The van der Waals surface area contributed by atoms with Crippen molar-refractivity contribution < 1.29 is 0 Å². The van der Waals surface area contributed by atoms with Crippen LogP contribution in [0.15, 0.2) is 29.2 Å². The number of thioether (sulfide) groups is 1. The molecule has 0 spiro atoms. The second-order valence-electron chi connectivity index (χ2n) is 1.79. The summed E-state index contributed by atoms with van der Waals surface area (Å²) in [5.74, 6) is 0. The summed E-state index contributed by atoms with van der Waals surface area (Å²) in [5.41, 5.74) is 0. The highest BCUT2D eigenvalue weighted by atomic mass is 35.5. The summed E-state index contributed by atoms with van der Waals surface area (Å²) in [6.07, 6.45) is 0. The maximum Gasteiger partial charge on any atom is 0.141 e. The molecule has 58 valence electrons. The Morgan fingerprint density at radius 2 is 1.82 bits per heavy atom. The van der Waals surface area contributed by atoms with Crippen LogP contribution in [0.25, 0.3) is 0 Å². The number of thiocarbonyl (C=S) groups is 1. The molecule has 0 radical (unpaired) electrons. The van der Waals surface area contributed by atoms with Crippen LogP contribution in [0.2, 0.25) is 5.02 Å². The largest absolute Gasteiger partial charge is 0.141 e. The fourth-order valence-electron chi connectivity index (χ4n) is 0.595. The monoisotopic (exact) mass is 222 g/mol. The lowest BCUT2D eigenvalue weighted by Gasteiger charge is -1.95. The van der Waals surface area contributed by atoms with Crippen molar-refractivity contribution in [3.05, 3.63) is 29.3 Å². The molecular weight excluding hydrogens is 219 g/mol. The minimum atomic E-state index is 0.396. The van der Waals surface area contributed by atoms with Gasteiger partial charge in [0.05, 0.1) is 0 Å². The average molecular weight is 223 g/mol. The van der Waals surface area contributed by atoms with Gasteiger partial charge in [-0.2, -0.15) is 0 Å². The molecule has 4 heteroatoms. The van der Waals surface area contributed by atoms with Crippen LogP contribution in [0.5, 0.6) is 0 Å². The van der Waals surface area contributed by atoms with Gasteiger partial charge >= 0.3 is 0 Å². The van der Waals surface area contributed by atoms with Gasteiger partial charge in [-0.25, -0.2) is 0 Å². The summed E-state index contributed by atoms with van der Waals surface area (Å²) in [6, 6.07) is 7.36. The molecule has 0 heterocycles. The van der Waals surface area contributed by atoms with Gasteiger partial charge in [0.15, 0.2) is 0 Å². The van der Waals surface area contributed by atoms with Crippen molar-refractivity contribution in [3.8, 4) is 0 Å². The van der Waals surface area contributed by atoms with Crippen LogP contribution >= 0.6 is 47.2 Å².